The average molecular weight is 413 g/mol. The molecule has 0 bridgehead atoms. The molecule has 0 aromatic rings. The minimum Gasteiger partial charge on any atom is -0.466 e. The molecule has 0 amide bonds. The van der Waals surface area contributed by atoms with Crippen LogP contribution in [0, 0.1) is 5.92 Å². The first-order valence-corrected chi connectivity index (χ1v) is 12.3. The normalized spacial score (nSPS) is 12.2. The molecule has 0 rings (SSSR count). The van der Waals surface area contributed by atoms with Gasteiger partial charge in [0.15, 0.2) is 0 Å². The van der Waals surface area contributed by atoms with Crippen LogP contribution in [0.15, 0.2) is 0 Å². The number of rotatable bonds is 20. The summed E-state index contributed by atoms with van der Waals surface area (Å²) in [4.78, 5) is 23.5. The van der Waals surface area contributed by atoms with E-state index in [1.165, 1.54) is 38.5 Å². The van der Waals surface area contributed by atoms with E-state index in [0.717, 1.165) is 51.4 Å². The quantitative estimate of drug-likeness (QED) is 0.155. The highest BCUT2D eigenvalue weighted by atomic mass is 16.5. The summed E-state index contributed by atoms with van der Waals surface area (Å²) in [6.07, 6.45) is 16.8. The van der Waals surface area contributed by atoms with Crippen molar-refractivity contribution in [3.05, 3.63) is 0 Å². The van der Waals surface area contributed by atoms with Gasteiger partial charge in [0.2, 0.25) is 0 Å². The number of carbonyl (C=O) groups excluding carboxylic acids is 2. The number of ether oxygens (including phenoxy) is 2. The first-order chi connectivity index (χ1) is 14.0. The van der Waals surface area contributed by atoms with Crippen molar-refractivity contribution in [1.82, 2.24) is 0 Å². The zero-order valence-corrected chi connectivity index (χ0v) is 19.8. The van der Waals surface area contributed by atoms with Crippen LogP contribution in [0.3, 0.4) is 0 Å². The SMILES string of the molecule is CCCCCCCCCOC(=O)CCCCCCCCC(=O)OC(C)CC(C)C. The van der Waals surface area contributed by atoms with Crippen LogP contribution in [0.2, 0.25) is 0 Å². The first-order valence-electron chi connectivity index (χ1n) is 12.3. The van der Waals surface area contributed by atoms with E-state index in [1.54, 1.807) is 0 Å². The Balaban J connectivity index is 3.35. The van der Waals surface area contributed by atoms with Gasteiger partial charge in [-0.2, -0.15) is 0 Å². The molecule has 0 saturated heterocycles. The van der Waals surface area contributed by atoms with Gasteiger partial charge in [-0.05, 0) is 38.5 Å². The van der Waals surface area contributed by atoms with Crippen molar-refractivity contribution >= 4 is 11.9 Å². The van der Waals surface area contributed by atoms with Crippen LogP contribution in [-0.2, 0) is 19.1 Å². The Hall–Kier alpha value is -1.06. The van der Waals surface area contributed by atoms with Crippen LogP contribution in [0.1, 0.15) is 130 Å². The van der Waals surface area contributed by atoms with Crippen molar-refractivity contribution in [2.75, 3.05) is 6.61 Å². The van der Waals surface area contributed by atoms with Crippen molar-refractivity contribution in [2.24, 2.45) is 5.92 Å². The summed E-state index contributed by atoms with van der Waals surface area (Å²) in [7, 11) is 0. The van der Waals surface area contributed by atoms with Crippen LogP contribution in [0.5, 0.6) is 0 Å². The highest BCUT2D eigenvalue weighted by Crippen LogP contribution is 2.12. The van der Waals surface area contributed by atoms with E-state index < -0.39 is 0 Å². The molecule has 4 nitrogen and oxygen atoms in total. The number of unbranched alkanes of at least 4 members (excludes halogenated alkanes) is 11. The summed E-state index contributed by atoms with van der Waals surface area (Å²) in [5, 5.41) is 0. The number of carbonyl (C=O) groups is 2. The molecule has 0 aromatic carbocycles. The van der Waals surface area contributed by atoms with Crippen molar-refractivity contribution in [2.45, 2.75) is 137 Å². The van der Waals surface area contributed by atoms with Gasteiger partial charge in [-0.25, -0.2) is 0 Å². The van der Waals surface area contributed by atoms with Crippen LogP contribution in [0.4, 0.5) is 0 Å². The van der Waals surface area contributed by atoms with Crippen LogP contribution >= 0.6 is 0 Å². The summed E-state index contributed by atoms with van der Waals surface area (Å²) >= 11 is 0. The molecule has 0 aromatic heterocycles. The van der Waals surface area contributed by atoms with Crippen molar-refractivity contribution in [3.8, 4) is 0 Å². The maximum Gasteiger partial charge on any atom is 0.306 e. The summed E-state index contributed by atoms with van der Waals surface area (Å²) in [5.74, 6) is 0.437. The summed E-state index contributed by atoms with van der Waals surface area (Å²) in [6, 6.07) is 0. The molecule has 0 aliphatic carbocycles. The molecule has 0 saturated carbocycles. The highest BCUT2D eigenvalue weighted by Gasteiger charge is 2.10. The molecule has 0 spiro atoms. The lowest BCUT2D eigenvalue weighted by molar-refractivity contribution is -0.149. The third-order valence-electron chi connectivity index (χ3n) is 5.16. The summed E-state index contributed by atoms with van der Waals surface area (Å²) < 4.78 is 10.7. The van der Waals surface area contributed by atoms with E-state index in [2.05, 4.69) is 20.8 Å². The van der Waals surface area contributed by atoms with Crippen molar-refractivity contribution in [3.63, 3.8) is 0 Å². The van der Waals surface area contributed by atoms with Gasteiger partial charge in [-0.1, -0.05) is 85.0 Å². The van der Waals surface area contributed by atoms with Gasteiger partial charge in [0.05, 0.1) is 12.7 Å². The number of esters is 2. The molecule has 0 heterocycles. The second-order valence-electron chi connectivity index (χ2n) is 8.89. The predicted octanol–water partition coefficient (Wildman–Crippen LogP) is 7.38. The molecule has 0 radical (unpaired) electrons. The summed E-state index contributed by atoms with van der Waals surface area (Å²) in [5.41, 5.74) is 0. The van der Waals surface area contributed by atoms with Gasteiger partial charge in [0, 0.05) is 12.8 Å². The maximum atomic E-state index is 11.8. The van der Waals surface area contributed by atoms with E-state index in [-0.39, 0.29) is 18.0 Å². The zero-order chi connectivity index (χ0) is 21.7. The molecule has 1 atom stereocenters. The number of hydrogen-bond acceptors (Lipinski definition) is 4. The second kappa shape index (κ2) is 20.2. The molecular weight excluding hydrogens is 364 g/mol. The molecule has 0 fully saturated rings. The molecule has 1 unspecified atom stereocenters. The van der Waals surface area contributed by atoms with Gasteiger partial charge in [-0.15, -0.1) is 0 Å². The molecule has 4 heteroatoms. The van der Waals surface area contributed by atoms with E-state index in [4.69, 9.17) is 9.47 Å². The van der Waals surface area contributed by atoms with Crippen molar-refractivity contribution < 1.29 is 19.1 Å². The average Bonchev–Trinajstić information content (AvgIpc) is 2.65. The van der Waals surface area contributed by atoms with Gasteiger partial charge in [0.25, 0.3) is 0 Å². The van der Waals surface area contributed by atoms with Gasteiger partial charge >= 0.3 is 11.9 Å². The van der Waals surface area contributed by atoms with Gasteiger partial charge in [-0.3, -0.25) is 9.59 Å². The molecule has 29 heavy (non-hydrogen) atoms. The Kier molecular flexibility index (Phi) is 19.5. The lowest BCUT2D eigenvalue weighted by Crippen LogP contribution is -2.16. The lowest BCUT2D eigenvalue weighted by atomic mass is 10.1. The van der Waals surface area contributed by atoms with Gasteiger partial charge in [0.1, 0.15) is 0 Å². The highest BCUT2D eigenvalue weighted by molar-refractivity contribution is 5.69. The van der Waals surface area contributed by atoms with Crippen molar-refractivity contribution in [1.29, 1.82) is 0 Å². The maximum absolute atomic E-state index is 11.8. The Morgan fingerprint density at radius 1 is 0.655 bits per heavy atom. The molecule has 0 aliphatic rings. The monoisotopic (exact) mass is 412 g/mol. The van der Waals surface area contributed by atoms with E-state index >= 15 is 0 Å². The van der Waals surface area contributed by atoms with E-state index in [0.29, 0.717) is 25.4 Å². The Morgan fingerprint density at radius 3 is 1.69 bits per heavy atom. The molecule has 0 N–H and O–H groups in total. The van der Waals surface area contributed by atoms with E-state index in [9.17, 15) is 9.59 Å². The topological polar surface area (TPSA) is 52.6 Å². The lowest BCUT2D eigenvalue weighted by Gasteiger charge is -2.15. The van der Waals surface area contributed by atoms with E-state index in [1.807, 2.05) is 6.92 Å². The minimum absolute atomic E-state index is 0.0213. The second-order valence-corrected chi connectivity index (χ2v) is 8.89. The predicted molar refractivity (Wildman–Crippen MR) is 121 cm³/mol. The fourth-order valence-electron chi connectivity index (χ4n) is 3.56. The summed E-state index contributed by atoms with van der Waals surface area (Å²) in [6.45, 7) is 9.06. The minimum atomic E-state index is -0.0677. The Bertz CT molecular complexity index is 392. The number of hydrogen-bond donors (Lipinski definition) is 0. The Labute approximate surface area is 180 Å². The third kappa shape index (κ3) is 21.5. The fraction of sp³-hybridized carbons (Fsp3) is 0.920. The Morgan fingerprint density at radius 2 is 1.14 bits per heavy atom. The molecular formula is C25H48O4. The van der Waals surface area contributed by atoms with Crippen LogP contribution < -0.4 is 0 Å². The molecule has 172 valence electrons. The zero-order valence-electron chi connectivity index (χ0n) is 19.8. The standard InChI is InChI=1S/C25H48O4/c1-5-6-7-8-11-14-17-20-28-24(26)18-15-12-9-10-13-16-19-25(27)29-23(4)21-22(2)3/h22-23H,5-21H2,1-4H3. The van der Waals surface area contributed by atoms with Crippen LogP contribution in [0.25, 0.3) is 0 Å². The fourth-order valence-corrected chi connectivity index (χ4v) is 3.56. The van der Waals surface area contributed by atoms with Crippen LogP contribution in [-0.4, -0.2) is 24.6 Å². The first kappa shape index (κ1) is 27.9. The van der Waals surface area contributed by atoms with Gasteiger partial charge < -0.3 is 9.47 Å². The smallest absolute Gasteiger partial charge is 0.306 e. The molecule has 0 aliphatic heterocycles. The largest absolute Gasteiger partial charge is 0.466 e. The third-order valence-corrected chi connectivity index (χ3v) is 5.16.